The van der Waals surface area contributed by atoms with Gasteiger partial charge in [0.2, 0.25) is 0 Å². The number of rotatable bonds is 5. The second-order valence-corrected chi connectivity index (χ2v) is 4.02. The summed E-state index contributed by atoms with van der Waals surface area (Å²) in [5.41, 5.74) is 6.31. The van der Waals surface area contributed by atoms with Crippen molar-refractivity contribution in [2.75, 3.05) is 33.0 Å². The molecular formula is C13H18N2O4. The zero-order valence-corrected chi connectivity index (χ0v) is 11.3. The number of carbonyl (C=O) groups is 2. The lowest BCUT2D eigenvalue weighted by Gasteiger charge is -2.13. The number of para-hydroxylation sites is 1. The molecule has 1 aromatic carbocycles. The zero-order valence-electron chi connectivity index (χ0n) is 11.3. The van der Waals surface area contributed by atoms with Crippen molar-refractivity contribution in [1.29, 1.82) is 0 Å². The molecule has 0 radical (unpaired) electrons. The number of nitrogen functional groups attached to an aromatic ring is 1. The minimum atomic E-state index is -0.633. The molecule has 0 aliphatic rings. The van der Waals surface area contributed by atoms with Crippen molar-refractivity contribution in [2.24, 2.45) is 0 Å². The van der Waals surface area contributed by atoms with Gasteiger partial charge in [0.15, 0.2) is 12.4 Å². The molecule has 0 spiro atoms. The minimum absolute atomic E-state index is 0.216. The molecule has 0 fully saturated rings. The predicted octanol–water partition coefficient (Wildman–Crippen LogP) is 0.912. The maximum atomic E-state index is 11.9. The van der Waals surface area contributed by atoms with Crippen LogP contribution in [-0.4, -0.2) is 44.1 Å². The van der Waals surface area contributed by atoms with Gasteiger partial charge in [0.05, 0.1) is 12.3 Å². The standard InChI is InChI=1S/C13H18N2O4/c1-4-18-12-9(6-5-7-10(12)14)13(17)19-8-11(16)15(2)3/h5-7H,4,8,14H2,1-3H3. The highest BCUT2D eigenvalue weighted by Crippen LogP contribution is 2.26. The summed E-state index contributed by atoms with van der Waals surface area (Å²) in [7, 11) is 3.17. The third-order valence-electron chi connectivity index (χ3n) is 2.38. The summed E-state index contributed by atoms with van der Waals surface area (Å²) in [5, 5.41) is 0. The van der Waals surface area contributed by atoms with Crippen LogP contribution in [0.1, 0.15) is 17.3 Å². The van der Waals surface area contributed by atoms with Crippen molar-refractivity contribution in [3.05, 3.63) is 23.8 Å². The molecule has 6 nitrogen and oxygen atoms in total. The molecule has 6 heteroatoms. The Hall–Kier alpha value is -2.24. The Balaban J connectivity index is 2.82. The first-order valence-corrected chi connectivity index (χ1v) is 5.86. The van der Waals surface area contributed by atoms with Crippen LogP contribution in [-0.2, 0) is 9.53 Å². The first kappa shape index (κ1) is 14.8. The van der Waals surface area contributed by atoms with Crippen LogP contribution in [0.2, 0.25) is 0 Å². The summed E-state index contributed by atoms with van der Waals surface area (Å²) in [5.74, 6) is -0.645. The van der Waals surface area contributed by atoms with E-state index in [1.165, 1.54) is 4.90 Å². The van der Waals surface area contributed by atoms with Gasteiger partial charge in [-0.1, -0.05) is 6.07 Å². The number of hydrogen-bond acceptors (Lipinski definition) is 5. The van der Waals surface area contributed by atoms with Crippen molar-refractivity contribution >= 4 is 17.6 Å². The molecule has 2 N–H and O–H groups in total. The summed E-state index contributed by atoms with van der Waals surface area (Å²) in [6.45, 7) is 1.86. The summed E-state index contributed by atoms with van der Waals surface area (Å²) in [4.78, 5) is 24.6. The molecule has 0 aromatic heterocycles. The summed E-state index contributed by atoms with van der Waals surface area (Å²) in [6.07, 6.45) is 0. The highest BCUT2D eigenvalue weighted by atomic mass is 16.5. The predicted molar refractivity (Wildman–Crippen MR) is 71.0 cm³/mol. The molecule has 0 aliphatic carbocycles. The number of amides is 1. The number of esters is 1. The van der Waals surface area contributed by atoms with E-state index in [2.05, 4.69) is 0 Å². The monoisotopic (exact) mass is 266 g/mol. The zero-order chi connectivity index (χ0) is 14.4. The van der Waals surface area contributed by atoms with Gasteiger partial charge in [-0.25, -0.2) is 4.79 Å². The number of nitrogens with zero attached hydrogens (tertiary/aromatic N) is 1. The summed E-state index contributed by atoms with van der Waals surface area (Å²) in [6, 6.07) is 4.80. The van der Waals surface area contributed by atoms with Crippen LogP contribution >= 0.6 is 0 Å². The van der Waals surface area contributed by atoms with Crippen LogP contribution in [0, 0.1) is 0 Å². The fraction of sp³-hybridized carbons (Fsp3) is 0.385. The fourth-order valence-electron chi connectivity index (χ4n) is 1.36. The van der Waals surface area contributed by atoms with Gasteiger partial charge in [0, 0.05) is 14.1 Å². The van der Waals surface area contributed by atoms with E-state index in [0.29, 0.717) is 12.3 Å². The Bertz CT molecular complexity index is 472. The van der Waals surface area contributed by atoms with Crippen molar-refractivity contribution in [2.45, 2.75) is 6.92 Å². The molecule has 0 saturated carbocycles. The van der Waals surface area contributed by atoms with E-state index < -0.39 is 5.97 Å². The van der Waals surface area contributed by atoms with E-state index in [-0.39, 0.29) is 23.8 Å². The van der Waals surface area contributed by atoms with Crippen LogP contribution in [0.3, 0.4) is 0 Å². The highest BCUT2D eigenvalue weighted by molar-refractivity contribution is 5.95. The molecule has 0 atom stereocenters. The molecule has 1 aromatic rings. The lowest BCUT2D eigenvalue weighted by Crippen LogP contribution is -2.27. The van der Waals surface area contributed by atoms with Crippen LogP contribution in [0.25, 0.3) is 0 Å². The largest absolute Gasteiger partial charge is 0.491 e. The number of carbonyl (C=O) groups excluding carboxylic acids is 2. The number of anilines is 1. The quantitative estimate of drug-likeness (QED) is 0.633. The van der Waals surface area contributed by atoms with Gasteiger partial charge in [-0.05, 0) is 19.1 Å². The molecular weight excluding hydrogens is 248 g/mol. The average molecular weight is 266 g/mol. The van der Waals surface area contributed by atoms with Crippen molar-refractivity contribution in [3.8, 4) is 5.75 Å². The summed E-state index contributed by atoms with van der Waals surface area (Å²) >= 11 is 0. The van der Waals surface area contributed by atoms with E-state index in [1.54, 1.807) is 39.2 Å². The van der Waals surface area contributed by atoms with E-state index in [1.807, 2.05) is 0 Å². The van der Waals surface area contributed by atoms with Crippen LogP contribution in [0.15, 0.2) is 18.2 Å². The molecule has 0 unspecified atom stereocenters. The van der Waals surface area contributed by atoms with Crippen LogP contribution in [0.5, 0.6) is 5.75 Å². The number of ether oxygens (including phenoxy) is 2. The van der Waals surface area contributed by atoms with Crippen molar-refractivity contribution in [3.63, 3.8) is 0 Å². The van der Waals surface area contributed by atoms with Crippen LogP contribution < -0.4 is 10.5 Å². The van der Waals surface area contributed by atoms with E-state index in [4.69, 9.17) is 15.2 Å². The average Bonchev–Trinajstić information content (AvgIpc) is 2.37. The Kier molecular flexibility index (Phi) is 5.17. The third kappa shape index (κ3) is 3.87. The van der Waals surface area contributed by atoms with Gasteiger partial charge >= 0.3 is 5.97 Å². The Morgan fingerprint density at radius 2 is 2.00 bits per heavy atom. The second-order valence-electron chi connectivity index (χ2n) is 4.02. The molecule has 0 aliphatic heterocycles. The maximum Gasteiger partial charge on any atom is 0.342 e. The smallest absolute Gasteiger partial charge is 0.342 e. The number of hydrogen-bond donors (Lipinski definition) is 1. The molecule has 0 bridgehead atoms. The minimum Gasteiger partial charge on any atom is -0.491 e. The summed E-state index contributed by atoms with van der Waals surface area (Å²) < 4.78 is 10.2. The van der Waals surface area contributed by atoms with Gasteiger partial charge in [0.25, 0.3) is 5.91 Å². The third-order valence-corrected chi connectivity index (χ3v) is 2.38. The number of nitrogens with two attached hydrogens (primary N) is 1. The SMILES string of the molecule is CCOc1c(N)cccc1C(=O)OCC(=O)N(C)C. The Morgan fingerprint density at radius 1 is 1.32 bits per heavy atom. The van der Waals surface area contributed by atoms with E-state index >= 15 is 0 Å². The molecule has 19 heavy (non-hydrogen) atoms. The number of likely N-dealkylation sites (N-methyl/N-ethyl adjacent to an activating group) is 1. The van der Waals surface area contributed by atoms with Gasteiger partial charge in [-0.3, -0.25) is 4.79 Å². The molecule has 0 heterocycles. The van der Waals surface area contributed by atoms with Gasteiger partial charge < -0.3 is 20.1 Å². The van der Waals surface area contributed by atoms with Crippen molar-refractivity contribution in [1.82, 2.24) is 4.90 Å². The fourth-order valence-corrected chi connectivity index (χ4v) is 1.36. The second kappa shape index (κ2) is 6.63. The first-order valence-electron chi connectivity index (χ1n) is 5.86. The highest BCUT2D eigenvalue weighted by Gasteiger charge is 2.17. The van der Waals surface area contributed by atoms with E-state index in [0.717, 1.165) is 0 Å². The van der Waals surface area contributed by atoms with Gasteiger partial charge in [0.1, 0.15) is 5.56 Å². The lowest BCUT2D eigenvalue weighted by molar-refractivity contribution is -0.131. The molecule has 1 rings (SSSR count). The topological polar surface area (TPSA) is 81.9 Å². The number of benzene rings is 1. The Labute approximate surface area is 112 Å². The van der Waals surface area contributed by atoms with Gasteiger partial charge in [-0.2, -0.15) is 0 Å². The Morgan fingerprint density at radius 3 is 2.58 bits per heavy atom. The normalized spacial score (nSPS) is 9.84. The maximum absolute atomic E-state index is 11.9. The molecule has 104 valence electrons. The molecule has 1 amide bonds. The molecule has 0 saturated heterocycles. The van der Waals surface area contributed by atoms with Crippen molar-refractivity contribution < 1.29 is 19.1 Å². The lowest BCUT2D eigenvalue weighted by atomic mass is 10.2. The first-order chi connectivity index (χ1) is 8.97. The van der Waals surface area contributed by atoms with Crippen LogP contribution in [0.4, 0.5) is 5.69 Å². The van der Waals surface area contributed by atoms with Gasteiger partial charge in [-0.15, -0.1) is 0 Å². The van der Waals surface area contributed by atoms with E-state index in [9.17, 15) is 9.59 Å².